The number of nitrogens with one attached hydrogen (secondary N) is 1. The Morgan fingerprint density at radius 3 is 2.55 bits per heavy atom. The van der Waals surface area contributed by atoms with Gasteiger partial charge in [0.25, 0.3) is 0 Å². The lowest BCUT2D eigenvalue weighted by atomic mass is 10.1. The van der Waals surface area contributed by atoms with Crippen molar-refractivity contribution in [2.45, 2.75) is 45.8 Å². The van der Waals surface area contributed by atoms with E-state index in [1.165, 1.54) is 18.4 Å². The molecule has 0 amide bonds. The molecule has 1 aromatic rings. The van der Waals surface area contributed by atoms with E-state index in [-0.39, 0.29) is 6.10 Å². The Bertz CT molecular complexity index is 384. The van der Waals surface area contributed by atoms with E-state index in [1.54, 1.807) is 0 Å². The maximum atomic E-state index is 9.77. The molecule has 0 saturated heterocycles. The summed E-state index contributed by atoms with van der Waals surface area (Å²) < 4.78 is 5.69. The third kappa shape index (κ3) is 5.51. The SMILES string of the molecule is CC(C)CCOc1ccc(CNCC(O)C2CC2)cc1. The van der Waals surface area contributed by atoms with Gasteiger partial charge in [-0.1, -0.05) is 26.0 Å². The van der Waals surface area contributed by atoms with Gasteiger partial charge in [0.1, 0.15) is 5.75 Å². The lowest BCUT2D eigenvalue weighted by Gasteiger charge is -2.11. The molecule has 0 spiro atoms. The lowest BCUT2D eigenvalue weighted by Crippen LogP contribution is -2.27. The topological polar surface area (TPSA) is 41.5 Å². The zero-order chi connectivity index (χ0) is 14.4. The van der Waals surface area contributed by atoms with Gasteiger partial charge < -0.3 is 15.2 Å². The number of aliphatic hydroxyl groups is 1. The van der Waals surface area contributed by atoms with Gasteiger partial charge in [0.15, 0.2) is 0 Å². The maximum absolute atomic E-state index is 9.77. The summed E-state index contributed by atoms with van der Waals surface area (Å²) in [6.45, 7) is 6.68. The van der Waals surface area contributed by atoms with Gasteiger partial charge >= 0.3 is 0 Å². The van der Waals surface area contributed by atoms with Gasteiger partial charge in [0.2, 0.25) is 0 Å². The van der Waals surface area contributed by atoms with E-state index >= 15 is 0 Å². The molecule has 0 bridgehead atoms. The van der Waals surface area contributed by atoms with Crippen molar-refractivity contribution in [3.05, 3.63) is 29.8 Å². The van der Waals surface area contributed by atoms with Crippen molar-refractivity contribution >= 4 is 0 Å². The number of benzene rings is 1. The molecule has 1 aliphatic rings. The average Bonchev–Trinajstić information content (AvgIpc) is 3.24. The molecule has 2 rings (SSSR count). The molecular weight excluding hydrogens is 250 g/mol. The smallest absolute Gasteiger partial charge is 0.119 e. The Morgan fingerprint density at radius 2 is 1.95 bits per heavy atom. The van der Waals surface area contributed by atoms with Crippen LogP contribution in [-0.2, 0) is 6.54 Å². The van der Waals surface area contributed by atoms with E-state index in [1.807, 2.05) is 12.1 Å². The molecule has 1 atom stereocenters. The van der Waals surface area contributed by atoms with Crippen LogP contribution < -0.4 is 10.1 Å². The summed E-state index contributed by atoms with van der Waals surface area (Å²) in [5.41, 5.74) is 1.23. The van der Waals surface area contributed by atoms with Gasteiger partial charge in [-0.3, -0.25) is 0 Å². The van der Waals surface area contributed by atoms with Crippen LogP contribution >= 0.6 is 0 Å². The minimum absolute atomic E-state index is 0.173. The van der Waals surface area contributed by atoms with Crippen LogP contribution in [0.25, 0.3) is 0 Å². The highest BCUT2D eigenvalue weighted by molar-refractivity contribution is 5.27. The number of hydrogen-bond donors (Lipinski definition) is 2. The normalized spacial score (nSPS) is 16.4. The first-order valence-corrected chi connectivity index (χ1v) is 7.75. The Kier molecular flexibility index (Phi) is 5.86. The number of ether oxygens (including phenoxy) is 1. The highest BCUT2D eigenvalue weighted by Gasteiger charge is 2.28. The van der Waals surface area contributed by atoms with Crippen LogP contribution in [0.1, 0.15) is 38.7 Å². The second-order valence-corrected chi connectivity index (χ2v) is 6.21. The maximum Gasteiger partial charge on any atom is 0.119 e. The van der Waals surface area contributed by atoms with Crippen molar-refractivity contribution < 1.29 is 9.84 Å². The number of aliphatic hydroxyl groups excluding tert-OH is 1. The first-order chi connectivity index (χ1) is 9.65. The Balaban J connectivity index is 1.65. The van der Waals surface area contributed by atoms with E-state index in [0.29, 0.717) is 18.4 Å². The van der Waals surface area contributed by atoms with E-state index in [4.69, 9.17) is 4.74 Å². The van der Waals surface area contributed by atoms with E-state index in [0.717, 1.165) is 25.3 Å². The summed E-state index contributed by atoms with van der Waals surface area (Å²) in [5, 5.41) is 13.1. The summed E-state index contributed by atoms with van der Waals surface area (Å²) in [7, 11) is 0. The fourth-order valence-corrected chi connectivity index (χ4v) is 2.13. The molecule has 1 fully saturated rings. The van der Waals surface area contributed by atoms with Crippen molar-refractivity contribution in [2.75, 3.05) is 13.2 Å². The zero-order valence-corrected chi connectivity index (χ0v) is 12.6. The van der Waals surface area contributed by atoms with Crippen molar-refractivity contribution in [3.8, 4) is 5.75 Å². The van der Waals surface area contributed by atoms with Gasteiger partial charge in [-0.2, -0.15) is 0 Å². The van der Waals surface area contributed by atoms with Crippen LogP contribution in [0.4, 0.5) is 0 Å². The van der Waals surface area contributed by atoms with Crippen molar-refractivity contribution in [1.82, 2.24) is 5.32 Å². The minimum atomic E-state index is -0.173. The molecule has 1 aliphatic carbocycles. The predicted octanol–water partition coefficient (Wildman–Crippen LogP) is 2.97. The molecule has 3 heteroatoms. The molecule has 3 nitrogen and oxygen atoms in total. The van der Waals surface area contributed by atoms with Crippen molar-refractivity contribution in [1.29, 1.82) is 0 Å². The van der Waals surface area contributed by atoms with Crippen LogP contribution in [0.5, 0.6) is 5.75 Å². The molecule has 0 aliphatic heterocycles. The van der Waals surface area contributed by atoms with Crippen LogP contribution in [0.2, 0.25) is 0 Å². The number of hydrogen-bond acceptors (Lipinski definition) is 3. The van der Waals surface area contributed by atoms with E-state index < -0.39 is 0 Å². The fraction of sp³-hybridized carbons (Fsp3) is 0.647. The largest absolute Gasteiger partial charge is 0.494 e. The Morgan fingerprint density at radius 1 is 1.25 bits per heavy atom. The summed E-state index contributed by atoms with van der Waals surface area (Å²) in [5.74, 6) is 2.16. The average molecular weight is 277 g/mol. The molecule has 20 heavy (non-hydrogen) atoms. The Hall–Kier alpha value is -1.06. The van der Waals surface area contributed by atoms with Gasteiger partial charge in [0, 0.05) is 13.1 Å². The van der Waals surface area contributed by atoms with Gasteiger partial charge in [-0.05, 0) is 48.8 Å². The summed E-state index contributed by atoms with van der Waals surface area (Å²) in [6.07, 6.45) is 3.28. The van der Waals surface area contributed by atoms with Gasteiger partial charge in [0.05, 0.1) is 12.7 Å². The molecule has 1 aromatic carbocycles. The quantitative estimate of drug-likeness (QED) is 0.729. The minimum Gasteiger partial charge on any atom is -0.494 e. The lowest BCUT2D eigenvalue weighted by molar-refractivity contribution is 0.148. The third-order valence-corrected chi connectivity index (χ3v) is 3.74. The second kappa shape index (κ2) is 7.65. The molecule has 0 radical (unpaired) electrons. The van der Waals surface area contributed by atoms with E-state index in [9.17, 15) is 5.11 Å². The fourth-order valence-electron chi connectivity index (χ4n) is 2.13. The molecule has 112 valence electrons. The van der Waals surface area contributed by atoms with Crippen LogP contribution in [0.3, 0.4) is 0 Å². The molecule has 0 heterocycles. The Labute approximate surface area is 122 Å². The standard InChI is InChI=1S/C17H27NO2/c1-13(2)9-10-20-16-7-3-14(4-8-16)11-18-12-17(19)15-5-6-15/h3-4,7-8,13,15,17-19H,5-6,9-12H2,1-2H3. The van der Waals surface area contributed by atoms with Crippen molar-refractivity contribution in [3.63, 3.8) is 0 Å². The van der Waals surface area contributed by atoms with Crippen LogP contribution in [0, 0.1) is 11.8 Å². The summed E-state index contributed by atoms with van der Waals surface area (Å²) in [4.78, 5) is 0. The first-order valence-electron chi connectivity index (χ1n) is 7.75. The molecular formula is C17H27NO2. The first kappa shape index (κ1) is 15.3. The summed E-state index contributed by atoms with van der Waals surface area (Å²) in [6, 6.07) is 8.21. The van der Waals surface area contributed by atoms with E-state index in [2.05, 4.69) is 31.3 Å². The van der Waals surface area contributed by atoms with Crippen LogP contribution in [0.15, 0.2) is 24.3 Å². The van der Waals surface area contributed by atoms with Gasteiger partial charge in [-0.25, -0.2) is 0 Å². The second-order valence-electron chi connectivity index (χ2n) is 6.21. The summed E-state index contributed by atoms with van der Waals surface area (Å²) >= 11 is 0. The van der Waals surface area contributed by atoms with Gasteiger partial charge in [-0.15, -0.1) is 0 Å². The molecule has 2 N–H and O–H groups in total. The highest BCUT2D eigenvalue weighted by atomic mass is 16.5. The van der Waals surface area contributed by atoms with Crippen molar-refractivity contribution in [2.24, 2.45) is 11.8 Å². The molecule has 0 aromatic heterocycles. The highest BCUT2D eigenvalue weighted by Crippen LogP contribution is 2.32. The molecule has 1 saturated carbocycles. The molecule has 1 unspecified atom stereocenters. The predicted molar refractivity (Wildman–Crippen MR) is 81.8 cm³/mol. The number of rotatable bonds is 9. The third-order valence-electron chi connectivity index (χ3n) is 3.74. The van der Waals surface area contributed by atoms with Crippen LogP contribution in [-0.4, -0.2) is 24.4 Å². The zero-order valence-electron chi connectivity index (χ0n) is 12.6. The monoisotopic (exact) mass is 277 g/mol.